The molecular formula is C28H36O6. The fourth-order valence-electron chi connectivity index (χ4n) is 4.03. The zero-order chi connectivity index (χ0) is 24.2. The number of benzene rings is 2. The van der Waals surface area contributed by atoms with Crippen molar-refractivity contribution in [3.8, 4) is 11.5 Å². The van der Waals surface area contributed by atoms with Crippen LogP contribution in [0.4, 0.5) is 0 Å². The topological polar surface area (TPSA) is 71.1 Å². The van der Waals surface area contributed by atoms with Crippen LogP contribution < -0.4 is 9.47 Å². The Morgan fingerprint density at radius 2 is 1.26 bits per heavy atom. The lowest BCUT2D eigenvalue weighted by molar-refractivity contribution is -0.0247. The largest absolute Gasteiger partial charge is 0.494 e. The van der Waals surface area contributed by atoms with Crippen molar-refractivity contribution < 1.29 is 28.5 Å². The van der Waals surface area contributed by atoms with Gasteiger partial charge >= 0.3 is 11.9 Å². The summed E-state index contributed by atoms with van der Waals surface area (Å²) in [5.41, 5.74) is 0.902. The molecule has 1 atom stereocenters. The van der Waals surface area contributed by atoms with Gasteiger partial charge in [0.2, 0.25) is 0 Å². The quantitative estimate of drug-likeness (QED) is 0.344. The highest BCUT2D eigenvalue weighted by Crippen LogP contribution is 2.29. The van der Waals surface area contributed by atoms with Crippen LogP contribution in [0.1, 0.15) is 79.5 Å². The number of hydrogen-bond donors (Lipinski definition) is 0. The van der Waals surface area contributed by atoms with Crippen LogP contribution in [0.3, 0.4) is 0 Å². The summed E-state index contributed by atoms with van der Waals surface area (Å²) in [6.45, 7) is 5.39. The van der Waals surface area contributed by atoms with Crippen molar-refractivity contribution in [2.75, 3.05) is 19.8 Å². The maximum absolute atomic E-state index is 12.8. The number of esters is 2. The van der Waals surface area contributed by atoms with Crippen LogP contribution in [0.25, 0.3) is 0 Å². The van der Waals surface area contributed by atoms with Crippen LogP contribution in [-0.2, 0) is 9.47 Å². The minimum absolute atomic E-state index is 0.0427. The second-order valence-corrected chi connectivity index (χ2v) is 8.69. The Morgan fingerprint density at radius 3 is 1.76 bits per heavy atom. The summed E-state index contributed by atoms with van der Waals surface area (Å²) < 4.78 is 22.6. The third-order valence-electron chi connectivity index (χ3n) is 5.94. The molecule has 1 fully saturated rings. The normalized spacial score (nSPS) is 14.8. The van der Waals surface area contributed by atoms with E-state index in [2.05, 4.69) is 0 Å². The minimum Gasteiger partial charge on any atom is -0.494 e. The first kappa shape index (κ1) is 25.6. The van der Waals surface area contributed by atoms with Crippen molar-refractivity contribution in [2.45, 2.75) is 64.9 Å². The Kier molecular flexibility index (Phi) is 10.3. The van der Waals surface area contributed by atoms with Crippen molar-refractivity contribution in [3.63, 3.8) is 0 Å². The molecule has 1 saturated carbocycles. The van der Waals surface area contributed by atoms with Crippen LogP contribution in [0.15, 0.2) is 48.5 Å². The molecule has 1 unspecified atom stereocenters. The Morgan fingerprint density at radius 1 is 0.765 bits per heavy atom. The molecule has 0 spiro atoms. The molecule has 0 aromatic heterocycles. The van der Waals surface area contributed by atoms with Gasteiger partial charge in [-0.25, -0.2) is 9.59 Å². The molecule has 1 aliphatic carbocycles. The lowest BCUT2D eigenvalue weighted by Crippen LogP contribution is -2.33. The van der Waals surface area contributed by atoms with Gasteiger partial charge in [0.25, 0.3) is 0 Å². The van der Waals surface area contributed by atoms with Crippen molar-refractivity contribution in [3.05, 3.63) is 59.7 Å². The smallest absolute Gasteiger partial charge is 0.338 e. The second kappa shape index (κ2) is 13.6. The first-order valence-corrected chi connectivity index (χ1v) is 12.4. The van der Waals surface area contributed by atoms with Crippen molar-refractivity contribution in [2.24, 2.45) is 5.92 Å². The van der Waals surface area contributed by atoms with E-state index in [1.165, 1.54) is 6.42 Å². The zero-order valence-corrected chi connectivity index (χ0v) is 20.3. The summed E-state index contributed by atoms with van der Waals surface area (Å²) in [7, 11) is 0. The van der Waals surface area contributed by atoms with Gasteiger partial charge in [0, 0.05) is 0 Å². The van der Waals surface area contributed by atoms with Gasteiger partial charge in [-0.3, -0.25) is 0 Å². The monoisotopic (exact) mass is 468 g/mol. The molecule has 0 N–H and O–H groups in total. The van der Waals surface area contributed by atoms with Crippen LogP contribution in [0.2, 0.25) is 0 Å². The van der Waals surface area contributed by atoms with Crippen molar-refractivity contribution in [1.29, 1.82) is 0 Å². The molecule has 0 amide bonds. The van der Waals surface area contributed by atoms with E-state index >= 15 is 0 Å². The summed E-state index contributed by atoms with van der Waals surface area (Å²) in [4.78, 5) is 25.5. The summed E-state index contributed by atoms with van der Waals surface area (Å²) in [6, 6.07) is 13.9. The van der Waals surface area contributed by atoms with E-state index in [1.54, 1.807) is 48.5 Å². The third kappa shape index (κ3) is 7.79. The van der Waals surface area contributed by atoms with E-state index in [1.807, 2.05) is 13.8 Å². The van der Waals surface area contributed by atoms with Crippen molar-refractivity contribution >= 4 is 11.9 Å². The lowest BCUT2D eigenvalue weighted by Gasteiger charge is -2.29. The van der Waals surface area contributed by atoms with Gasteiger partial charge < -0.3 is 18.9 Å². The van der Waals surface area contributed by atoms with Crippen molar-refractivity contribution in [1.82, 2.24) is 0 Å². The van der Waals surface area contributed by atoms with Gasteiger partial charge in [-0.2, -0.15) is 0 Å². The zero-order valence-electron chi connectivity index (χ0n) is 20.3. The van der Waals surface area contributed by atoms with Crippen LogP contribution >= 0.6 is 0 Å². The van der Waals surface area contributed by atoms with Gasteiger partial charge in [-0.15, -0.1) is 0 Å². The van der Waals surface area contributed by atoms with Crippen LogP contribution in [0.5, 0.6) is 11.5 Å². The van der Waals surface area contributed by atoms with E-state index in [4.69, 9.17) is 18.9 Å². The Labute approximate surface area is 202 Å². The lowest BCUT2D eigenvalue weighted by atomic mass is 9.85. The predicted molar refractivity (Wildman–Crippen MR) is 131 cm³/mol. The van der Waals surface area contributed by atoms with Gasteiger partial charge in [0.15, 0.2) is 0 Å². The molecule has 0 heterocycles. The number of carbonyl (C=O) groups is 2. The molecule has 6 heteroatoms. The molecule has 0 aliphatic heterocycles. The van der Waals surface area contributed by atoms with E-state index in [-0.39, 0.29) is 12.5 Å². The van der Waals surface area contributed by atoms with E-state index in [0.717, 1.165) is 50.0 Å². The maximum atomic E-state index is 12.8. The molecule has 3 rings (SSSR count). The summed E-state index contributed by atoms with van der Waals surface area (Å²) >= 11 is 0. The molecule has 6 nitrogen and oxygen atoms in total. The Hall–Kier alpha value is -3.02. The number of ether oxygens (including phenoxy) is 4. The molecule has 34 heavy (non-hydrogen) atoms. The van der Waals surface area contributed by atoms with E-state index in [9.17, 15) is 9.59 Å². The average Bonchev–Trinajstić information content (AvgIpc) is 2.89. The standard InChI is InChI=1S/C28H36O6/c1-3-18-31-24-14-10-22(11-15-24)27(29)33-20-26(21-8-6-5-7-9-21)34-28(30)23-12-16-25(17-13-23)32-19-4-2/h10-17,21,26H,3-9,18-20H2,1-2H3. The molecule has 0 saturated heterocycles. The molecule has 184 valence electrons. The SMILES string of the molecule is CCCOc1ccc(C(=O)OCC(OC(=O)c2ccc(OCCC)cc2)C2CCCCC2)cc1. The summed E-state index contributed by atoms with van der Waals surface area (Å²) in [5, 5.41) is 0. The highest BCUT2D eigenvalue weighted by molar-refractivity contribution is 5.90. The fraction of sp³-hybridized carbons (Fsp3) is 0.500. The molecule has 0 bridgehead atoms. The van der Waals surface area contributed by atoms with E-state index in [0.29, 0.717) is 24.3 Å². The fourth-order valence-corrected chi connectivity index (χ4v) is 4.03. The van der Waals surface area contributed by atoms with E-state index < -0.39 is 18.0 Å². The van der Waals surface area contributed by atoms with Gasteiger partial charge in [-0.05, 0) is 80.1 Å². The van der Waals surface area contributed by atoms with Crippen LogP contribution in [-0.4, -0.2) is 37.9 Å². The minimum atomic E-state index is -0.472. The number of carbonyl (C=O) groups excluding carboxylic acids is 2. The highest BCUT2D eigenvalue weighted by atomic mass is 16.6. The number of rotatable bonds is 12. The maximum Gasteiger partial charge on any atom is 0.338 e. The summed E-state index contributed by atoms with van der Waals surface area (Å²) in [6.07, 6.45) is 6.66. The van der Waals surface area contributed by atoms with Gasteiger partial charge in [-0.1, -0.05) is 33.1 Å². The van der Waals surface area contributed by atoms with Crippen LogP contribution in [0, 0.1) is 5.92 Å². The predicted octanol–water partition coefficient (Wildman–Crippen LogP) is 6.23. The highest BCUT2D eigenvalue weighted by Gasteiger charge is 2.29. The van der Waals surface area contributed by atoms with Gasteiger partial charge in [0.05, 0.1) is 24.3 Å². The Balaban J connectivity index is 1.60. The number of hydrogen-bond acceptors (Lipinski definition) is 6. The second-order valence-electron chi connectivity index (χ2n) is 8.69. The molecule has 1 aliphatic rings. The third-order valence-corrected chi connectivity index (χ3v) is 5.94. The first-order chi connectivity index (χ1) is 16.6. The first-order valence-electron chi connectivity index (χ1n) is 12.4. The van der Waals surface area contributed by atoms with Gasteiger partial charge in [0.1, 0.15) is 24.2 Å². The molecule has 2 aromatic rings. The molecular weight excluding hydrogens is 432 g/mol. The molecule has 2 aromatic carbocycles. The Bertz CT molecular complexity index is 884. The summed E-state index contributed by atoms with van der Waals surface area (Å²) in [5.74, 6) is 0.783. The average molecular weight is 469 g/mol. The molecule has 0 radical (unpaired) electrons.